The zero-order valence-corrected chi connectivity index (χ0v) is 8.22. The van der Waals surface area contributed by atoms with Gasteiger partial charge in [-0.05, 0) is 0 Å². The first kappa shape index (κ1) is 11.2. The smallest absolute Gasteiger partial charge is 0.305 e. The maximum Gasteiger partial charge on any atom is 0.305 e. The molecule has 0 bridgehead atoms. The normalized spacial score (nSPS) is 9.87. The van der Waals surface area contributed by atoms with Gasteiger partial charge in [-0.1, -0.05) is 0 Å². The molecule has 0 radical (unpaired) electrons. The molecule has 0 aliphatic rings. The summed E-state index contributed by atoms with van der Waals surface area (Å²) in [5.74, 6) is -1.06. The molecule has 2 N–H and O–H groups in total. The lowest BCUT2D eigenvalue weighted by atomic mass is 10.3. The van der Waals surface area contributed by atoms with E-state index in [9.17, 15) is 9.59 Å². The van der Waals surface area contributed by atoms with E-state index in [0.29, 0.717) is 13.0 Å². The van der Waals surface area contributed by atoms with Gasteiger partial charge in [-0.2, -0.15) is 0 Å². The molecule has 0 aromatic carbocycles. The van der Waals surface area contributed by atoms with Gasteiger partial charge in [0.05, 0.1) is 12.7 Å². The van der Waals surface area contributed by atoms with Gasteiger partial charge in [0.15, 0.2) is 0 Å². The van der Waals surface area contributed by atoms with Crippen LogP contribution in [0.2, 0.25) is 0 Å². The fraction of sp³-hybridized carbons (Fsp3) is 0.444. The van der Waals surface area contributed by atoms with Crippen LogP contribution in [0.15, 0.2) is 18.7 Å². The first-order chi connectivity index (χ1) is 7.18. The molecule has 1 amide bonds. The average Bonchev–Trinajstić information content (AvgIpc) is 2.66. The molecule has 0 saturated heterocycles. The van der Waals surface area contributed by atoms with E-state index in [2.05, 4.69) is 10.3 Å². The Morgan fingerprint density at radius 3 is 2.80 bits per heavy atom. The number of hydrogen-bond acceptors (Lipinski definition) is 3. The quantitative estimate of drug-likeness (QED) is 0.686. The van der Waals surface area contributed by atoms with Crippen LogP contribution in [0.5, 0.6) is 0 Å². The summed E-state index contributed by atoms with van der Waals surface area (Å²) in [5, 5.41) is 10.9. The highest BCUT2D eigenvalue weighted by Gasteiger charge is 2.02. The molecule has 0 atom stereocenters. The Balaban J connectivity index is 2.11. The highest BCUT2D eigenvalue weighted by molar-refractivity contribution is 5.76. The number of carbonyl (C=O) groups is 2. The number of aromatic nitrogens is 2. The van der Waals surface area contributed by atoms with E-state index in [1.165, 1.54) is 0 Å². The van der Waals surface area contributed by atoms with Crippen molar-refractivity contribution >= 4 is 11.9 Å². The SMILES string of the molecule is O=C(O)CCNC(=O)CCn1ccnc1. The molecule has 6 nitrogen and oxygen atoms in total. The Bertz CT molecular complexity index is 321. The second-order valence-corrected chi connectivity index (χ2v) is 3.04. The highest BCUT2D eigenvalue weighted by Crippen LogP contribution is 1.90. The average molecular weight is 211 g/mol. The molecular weight excluding hydrogens is 198 g/mol. The van der Waals surface area contributed by atoms with Crippen molar-refractivity contribution in [2.45, 2.75) is 19.4 Å². The Hall–Kier alpha value is -1.85. The Morgan fingerprint density at radius 2 is 2.20 bits per heavy atom. The molecule has 1 aromatic rings. The van der Waals surface area contributed by atoms with Crippen molar-refractivity contribution in [3.8, 4) is 0 Å². The van der Waals surface area contributed by atoms with Gasteiger partial charge in [0.25, 0.3) is 0 Å². The number of rotatable bonds is 6. The summed E-state index contributed by atoms with van der Waals surface area (Å²) < 4.78 is 1.79. The highest BCUT2D eigenvalue weighted by atomic mass is 16.4. The summed E-state index contributed by atoms with van der Waals surface area (Å²) in [7, 11) is 0. The largest absolute Gasteiger partial charge is 0.481 e. The topological polar surface area (TPSA) is 84.2 Å². The zero-order chi connectivity index (χ0) is 11.1. The number of aliphatic carboxylic acids is 1. The van der Waals surface area contributed by atoms with Crippen LogP contribution in [-0.2, 0) is 16.1 Å². The number of imidazole rings is 1. The molecule has 1 heterocycles. The number of carboxylic acids is 1. The van der Waals surface area contributed by atoms with Crippen molar-refractivity contribution in [1.82, 2.24) is 14.9 Å². The molecule has 0 aliphatic carbocycles. The van der Waals surface area contributed by atoms with E-state index in [4.69, 9.17) is 5.11 Å². The van der Waals surface area contributed by atoms with E-state index >= 15 is 0 Å². The molecule has 15 heavy (non-hydrogen) atoms. The lowest BCUT2D eigenvalue weighted by molar-refractivity contribution is -0.136. The number of carbonyl (C=O) groups excluding carboxylic acids is 1. The van der Waals surface area contributed by atoms with Crippen LogP contribution in [0, 0.1) is 0 Å². The van der Waals surface area contributed by atoms with Gasteiger partial charge in [0.1, 0.15) is 0 Å². The minimum Gasteiger partial charge on any atom is -0.481 e. The van der Waals surface area contributed by atoms with Crippen molar-refractivity contribution in [2.75, 3.05) is 6.54 Å². The van der Waals surface area contributed by atoms with Crippen LogP contribution in [-0.4, -0.2) is 33.1 Å². The van der Waals surface area contributed by atoms with Gasteiger partial charge in [-0.25, -0.2) is 4.98 Å². The van der Waals surface area contributed by atoms with Crippen molar-refractivity contribution in [1.29, 1.82) is 0 Å². The molecular formula is C9H13N3O3. The van der Waals surface area contributed by atoms with Crippen LogP contribution >= 0.6 is 0 Å². The summed E-state index contributed by atoms with van der Waals surface area (Å²) in [4.78, 5) is 25.2. The molecule has 1 aromatic heterocycles. The monoisotopic (exact) mass is 211 g/mol. The van der Waals surface area contributed by atoms with Gasteiger partial charge < -0.3 is 15.0 Å². The number of hydrogen-bond donors (Lipinski definition) is 2. The van der Waals surface area contributed by atoms with Gasteiger partial charge in [0.2, 0.25) is 5.91 Å². The minimum absolute atomic E-state index is 0.0448. The Morgan fingerprint density at radius 1 is 1.40 bits per heavy atom. The van der Waals surface area contributed by atoms with Crippen molar-refractivity contribution < 1.29 is 14.7 Å². The molecule has 0 unspecified atom stereocenters. The van der Waals surface area contributed by atoms with Crippen molar-refractivity contribution in [2.24, 2.45) is 0 Å². The van der Waals surface area contributed by atoms with E-state index < -0.39 is 5.97 Å². The van der Waals surface area contributed by atoms with E-state index in [1.807, 2.05) is 0 Å². The van der Waals surface area contributed by atoms with Gasteiger partial charge in [0, 0.05) is 31.9 Å². The van der Waals surface area contributed by atoms with Crippen LogP contribution in [0.1, 0.15) is 12.8 Å². The summed E-state index contributed by atoms with van der Waals surface area (Å²) in [6.07, 6.45) is 5.32. The number of aryl methyl sites for hydroxylation is 1. The molecule has 82 valence electrons. The van der Waals surface area contributed by atoms with Gasteiger partial charge >= 0.3 is 5.97 Å². The predicted octanol–water partition coefficient (Wildman–Crippen LogP) is -0.136. The molecule has 0 spiro atoms. The Kier molecular flexibility index (Phi) is 4.33. The van der Waals surface area contributed by atoms with Crippen LogP contribution in [0.25, 0.3) is 0 Å². The second-order valence-electron chi connectivity index (χ2n) is 3.04. The number of nitrogens with zero attached hydrogens (tertiary/aromatic N) is 2. The molecule has 0 fully saturated rings. The molecule has 6 heteroatoms. The fourth-order valence-corrected chi connectivity index (χ4v) is 1.05. The lowest BCUT2D eigenvalue weighted by Crippen LogP contribution is -2.26. The van der Waals surface area contributed by atoms with Crippen LogP contribution in [0.4, 0.5) is 0 Å². The second kappa shape index (κ2) is 5.79. The van der Waals surface area contributed by atoms with Crippen molar-refractivity contribution in [3.05, 3.63) is 18.7 Å². The summed E-state index contributed by atoms with van der Waals surface area (Å²) in [6, 6.07) is 0. The third kappa shape index (κ3) is 4.80. The third-order valence-corrected chi connectivity index (χ3v) is 1.82. The van der Waals surface area contributed by atoms with E-state index in [1.54, 1.807) is 23.3 Å². The summed E-state index contributed by atoms with van der Waals surface area (Å²) in [5.41, 5.74) is 0. The van der Waals surface area contributed by atoms with Gasteiger partial charge in [-0.3, -0.25) is 9.59 Å². The third-order valence-electron chi connectivity index (χ3n) is 1.82. The van der Waals surface area contributed by atoms with Crippen LogP contribution in [0.3, 0.4) is 0 Å². The summed E-state index contributed by atoms with van der Waals surface area (Å²) in [6.45, 7) is 0.733. The van der Waals surface area contributed by atoms with E-state index in [-0.39, 0.29) is 18.9 Å². The molecule has 0 aliphatic heterocycles. The summed E-state index contributed by atoms with van der Waals surface area (Å²) >= 11 is 0. The number of carboxylic acid groups (broad SMARTS) is 1. The predicted molar refractivity (Wildman–Crippen MR) is 52.1 cm³/mol. The van der Waals surface area contributed by atoms with Crippen molar-refractivity contribution in [3.63, 3.8) is 0 Å². The fourth-order valence-electron chi connectivity index (χ4n) is 1.05. The maximum atomic E-state index is 11.2. The number of nitrogens with one attached hydrogen (secondary N) is 1. The number of amides is 1. The first-order valence-corrected chi connectivity index (χ1v) is 4.62. The lowest BCUT2D eigenvalue weighted by Gasteiger charge is -2.03. The maximum absolute atomic E-state index is 11.2. The Labute approximate surface area is 86.9 Å². The van der Waals surface area contributed by atoms with E-state index in [0.717, 1.165) is 0 Å². The first-order valence-electron chi connectivity index (χ1n) is 4.62. The molecule has 1 rings (SSSR count). The zero-order valence-electron chi connectivity index (χ0n) is 8.22. The molecule has 0 saturated carbocycles. The van der Waals surface area contributed by atoms with Gasteiger partial charge in [-0.15, -0.1) is 0 Å². The van der Waals surface area contributed by atoms with Crippen LogP contribution < -0.4 is 5.32 Å². The minimum atomic E-state index is -0.912. The standard InChI is InChI=1S/C9H13N3O3/c13-8(11-3-1-9(14)15)2-5-12-6-4-10-7-12/h4,6-7H,1-3,5H2,(H,11,13)(H,14,15).